The van der Waals surface area contributed by atoms with Gasteiger partial charge in [-0.3, -0.25) is 4.79 Å². The van der Waals surface area contributed by atoms with Crippen LogP contribution in [0.1, 0.15) is 45.7 Å². The Labute approximate surface area is 158 Å². The molecule has 0 aliphatic rings. The van der Waals surface area contributed by atoms with E-state index in [0.717, 1.165) is 45.5 Å². The summed E-state index contributed by atoms with van der Waals surface area (Å²) >= 11 is 0. The maximum atomic E-state index is 13.0. The van der Waals surface area contributed by atoms with Gasteiger partial charge in [-0.05, 0) is 44.0 Å². The molecule has 0 amide bonds. The summed E-state index contributed by atoms with van der Waals surface area (Å²) in [6.45, 7) is 5.86. The molecule has 0 radical (unpaired) electrons. The summed E-state index contributed by atoms with van der Waals surface area (Å²) in [6, 6.07) is 13.8. The number of aromatic nitrogens is 4. The number of aryl methyl sites for hydroxylation is 1. The van der Waals surface area contributed by atoms with E-state index in [1.807, 2.05) is 63.4 Å². The SMILES string of the molecule is Cc1nn(C(=O)C(C)c2ccccc2)c(C)c1Cc1c[nH]c2ncccc12. The van der Waals surface area contributed by atoms with E-state index in [-0.39, 0.29) is 11.8 Å². The number of H-pyrrole nitrogens is 1. The highest BCUT2D eigenvalue weighted by molar-refractivity contribution is 5.86. The highest BCUT2D eigenvalue weighted by Gasteiger charge is 2.23. The zero-order valence-corrected chi connectivity index (χ0v) is 15.7. The van der Waals surface area contributed by atoms with E-state index < -0.39 is 0 Å². The molecule has 136 valence electrons. The van der Waals surface area contributed by atoms with E-state index >= 15 is 0 Å². The second-order valence-electron chi connectivity index (χ2n) is 6.92. The van der Waals surface area contributed by atoms with Crippen molar-refractivity contribution in [2.24, 2.45) is 0 Å². The van der Waals surface area contributed by atoms with Gasteiger partial charge in [-0.1, -0.05) is 30.3 Å². The van der Waals surface area contributed by atoms with Crippen molar-refractivity contribution in [3.8, 4) is 0 Å². The fraction of sp³-hybridized carbons (Fsp3) is 0.227. The first-order chi connectivity index (χ1) is 13.1. The number of pyridine rings is 1. The zero-order valence-electron chi connectivity index (χ0n) is 15.7. The molecule has 1 aromatic carbocycles. The normalized spacial score (nSPS) is 12.4. The van der Waals surface area contributed by atoms with Gasteiger partial charge >= 0.3 is 0 Å². The molecule has 1 atom stereocenters. The van der Waals surface area contributed by atoms with Gasteiger partial charge in [0, 0.05) is 35.5 Å². The number of nitrogens with one attached hydrogen (secondary N) is 1. The number of hydrogen-bond acceptors (Lipinski definition) is 3. The molecule has 0 aliphatic carbocycles. The van der Waals surface area contributed by atoms with E-state index in [9.17, 15) is 4.79 Å². The van der Waals surface area contributed by atoms with Crippen LogP contribution >= 0.6 is 0 Å². The van der Waals surface area contributed by atoms with Crippen LogP contribution in [-0.4, -0.2) is 25.7 Å². The van der Waals surface area contributed by atoms with Crippen molar-refractivity contribution in [2.75, 3.05) is 0 Å². The van der Waals surface area contributed by atoms with Crippen molar-refractivity contribution in [3.05, 3.63) is 82.9 Å². The minimum absolute atomic E-state index is 0.00589. The molecule has 3 heterocycles. The highest BCUT2D eigenvalue weighted by Crippen LogP contribution is 2.25. The average molecular weight is 358 g/mol. The van der Waals surface area contributed by atoms with Crippen LogP contribution < -0.4 is 0 Å². The molecule has 0 spiro atoms. The molecule has 1 unspecified atom stereocenters. The lowest BCUT2D eigenvalue weighted by Crippen LogP contribution is -2.20. The number of carbonyl (C=O) groups is 1. The molecule has 5 heteroatoms. The monoisotopic (exact) mass is 358 g/mol. The summed E-state index contributed by atoms with van der Waals surface area (Å²) in [5.41, 5.74) is 5.92. The second-order valence-corrected chi connectivity index (χ2v) is 6.92. The predicted molar refractivity (Wildman–Crippen MR) is 106 cm³/mol. The zero-order chi connectivity index (χ0) is 19.0. The molecule has 27 heavy (non-hydrogen) atoms. The van der Waals surface area contributed by atoms with E-state index in [1.165, 1.54) is 0 Å². The van der Waals surface area contributed by atoms with Crippen LogP contribution in [0.3, 0.4) is 0 Å². The smallest absolute Gasteiger partial charge is 0.254 e. The van der Waals surface area contributed by atoms with Crippen LogP contribution in [-0.2, 0) is 6.42 Å². The maximum Gasteiger partial charge on any atom is 0.254 e. The first-order valence-corrected chi connectivity index (χ1v) is 9.11. The number of aromatic amines is 1. The Morgan fingerprint density at radius 2 is 1.93 bits per heavy atom. The van der Waals surface area contributed by atoms with Crippen molar-refractivity contribution in [3.63, 3.8) is 0 Å². The van der Waals surface area contributed by atoms with Crippen molar-refractivity contribution >= 4 is 16.9 Å². The van der Waals surface area contributed by atoms with Gasteiger partial charge in [0.2, 0.25) is 0 Å². The number of benzene rings is 1. The minimum atomic E-state index is -0.241. The lowest BCUT2D eigenvalue weighted by atomic mass is 10.00. The summed E-state index contributed by atoms with van der Waals surface area (Å²) < 4.78 is 1.56. The van der Waals surface area contributed by atoms with Crippen LogP contribution in [0.4, 0.5) is 0 Å². The Balaban J connectivity index is 1.67. The molecule has 4 aromatic rings. The Hall–Kier alpha value is -3.21. The molecule has 0 fully saturated rings. The van der Waals surface area contributed by atoms with Crippen LogP contribution in [0, 0.1) is 13.8 Å². The standard InChI is InChI=1S/C22H22N4O/c1-14(17-8-5-4-6-9-17)22(27)26-16(3)20(15(2)25-26)12-18-13-24-21-19(18)10-7-11-23-21/h4-11,13-14H,12H2,1-3H3,(H,23,24). The van der Waals surface area contributed by atoms with Gasteiger partial charge in [0.15, 0.2) is 0 Å². The molecular formula is C22H22N4O. The Morgan fingerprint density at radius 3 is 2.70 bits per heavy atom. The average Bonchev–Trinajstić information content (AvgIpc) is 3.24. The van der Waals surface area contributed by atoms with E-state index in [2.05, 4.69) is 21.1 Å². The lowest BCUT2D eigenvalue weighted by molar-refractivity contribution is 0.0865. The first-order valence-electron chi connectivity index (χ1n) is 9.11. The van der Waals surface area contributed by atoms with Crippen molar-refractivity contribution in [1.82, 2.24) is 19.7 Å². The summed E-state index contributed by atoms with van der Waals surface area (Å²) in [6.07, 6.45) is 4.49. The van der Waals surface area contributed by atoms with Crippen LogP contribution in [0.15, 0.2) is 54.9 Å². The Kier molecular flexibility index (Phi) is 4.36. The first kappa shape index (κ1) is 17.2. The number of carbonyl (C=O) groups excluding carboxylic acids is 1. The van der Waals surface area contributed by atoms with Gasteiger partial charge < -0.3 is 4.98 Å². The van der Waals surface area contributed by atoms with E-state index in [4.69, 9.17) is 0 Å². The molecule has 5 nitrogen and oxygen atoms in total. The third-order valence-electron chi connectivity index (χ3n) is 5.22. The summed E-state index contributed by atoms with van der Waals surface area (Å²) in [5, 5.41) is 5.66. The third kappa shape index (κ3) is 3.05. The molecular weight excluding hydrogens is 336 g/mol. The summed E-state index contributed by atoms with van der Waals surface area (Å²) in [4.78, 5) is 20.6. The summed E-state index contributed by atoms with van der Waals surface area (Å²) in [5.74, 6) is -0.247. The number of hydrogen-bond donors (Lipinski definition) is 1. The molecule has 0 bridgehead atoms. The Bertz CT molecular complexity index is 1110. The molecule has 0 saturated heterocycles. The number of nitrogens with zero attached hydrogens (tertiary/aromatic N) is 3. The van der Waals surface area contributed by atoms with E-state index in [1.54, 1.807) is 10.9 Å². The quantitative estimate of drug-likeness (QED) is 0.588. The summed E-state index contributed by atoms with van der Waals surface area (Å²) in [7, 11) is 0. The Morgan fingerprint density at radius 1 is 1.15 bits per heavy atom. The van der Waals surface area contributed by atoms with Crippen molar-refractivity contribution < 1.29 is 4.79 Å². The molecule has 0 saturated carbocycles. The fourth-order valence-electron chi connectivity index (χ4n) is 3.56. The lowest BCUT2D eigenvalue weighted by Gasteiger charge is -2.12. The van der Waals surface area contributed by atoms with Gasteiger partial charge in [-0.25, -0.2) is 9.67 Å². The third-order valence-corrected chi connectivity index (χ3v) is 5.22. The van der Waals surface area contributed by atoms with Crippen LogP contribution in [0.5, 0.6) is 0 Å². The molecule has 3 aromatic heterocycles. The molecule has 4 rings (SSSR count). The molecule has 1 N–H and O–H groups in total. The number of fused-ring (bicyclic) bond motifs is 1. The van der Waals surface area contributed by atoms with Crippen LogP contribution in [0.25, 0.3) is 11.0 Å². The van der Waals surface area contributed by atoms with Crippen LogP contribution in [0.2, 0.25) is 0 Å². The maximum absolute atomic E-state index is 13.0. The van der Waals surface area contributed by atoms with E-state index in [0.29, 0.717) is 0 Å². The van der Waals surface area contributed by atoms with Gasteiger partial charge in [0.1, 0.15) is 5.65 Å². The van der Waals surface area contributed by atoms with Gasteiger partial charge in [0.25, 0.3) is 5.91 Å². The molecule has 0 aliphatic heterocycles. The largest absolute Gasteiger partial charge is 0.346 e. The number of rotatable bonds is 4. The van der Waals surface area contributed by atoms with Gasteiger partial charge in [0.05, 0.1) is 11.6 Å². The fourth-order valence-corrected chi connectivity index (χ4v) is 3.56. The highest BCUT2D eigenvalue weighted by atomic mass is 16.2. The second kappa shape index (κ2) is 6.83. The van der Waals surface area contributed by atoms with Crippen molar-refractivity contribution in [2.45, 2.75) is 33.1 Å². The van der Waals surface area contributed by atoms with Gasteiger partial charge in [-0.2, -0.15) is 5.10 Å². The van der Waals surface area contributed by atoms with Crippen molar-refractivity contribution in [1.29, 1.82) is 0 Å². The minimum Gasteiger partial charge on any atom is -0.346 e. The van der Waals surface area contributed by atoms with Gasteiger partial charge in [-0.15, -0.1) is 0 Å². The predicted octanol–water partition coefficient (Wildman–Crippen LogP) is 4.41. The topological polar surface area (TPSA) is 63.6 Å².